The van der Waals surface area contributed by atoms with Gasteiger partial charge in [0.1, 0.15) is 5.54 Å². The van der Waals surface area contributed by atoms with E-state index in [1.807, 2.05) is 36.6 Å². The van der Waals surface area contributed by atoms with Gasteiger partial charge in [-0.3, -0.25) is 14.9 Å². The van der Waals surface area contributed by atoms with Crippen LogP contribution in [0.25, 0.3) is 0 Å². The van der Waals surface area contributed by atoms with Crippen molar-refractivity contribution in [3.8, 4) is 0 Å². The zero-order chi connectivity index (χ0) is 18.4. The van der Waals surface area contributed by atoms with Crippen LogP contribution in [0.4, 0.5) is 5.13 Å². The van der Waals surface area contributed by atoms with Crippen molar-refractivity contribution in [3.05, 3.63) is 46.4 Å². The van der Waals surface area contributed by atoms with Crippen LogP contribution in [-0.4, -0.2) is 33.8 Å². The average Bonchev–Trinajstić information content (AvgIpc) is 3.06. The fourth-order valence-electron chi connectivity index (χ4n) is 3.82. The molecule has 5 nitrogen and oxygen atoms in total. The third kappa shape index (κ3) is 2.63. The summed E-state index contributed by atoms with van der Waals surface area (Å²) in [6.45, 7) is 2.45. The maximum absolute atomic E-state index is 13.4. The van der Waals surface area contributed by atoms with Gasteiger partial charge < -0.3 is 4.90 Å². The second-order valence-electron chi connectivity index (χ2n) is 7.21. The predicted molar refractivity (Wildman–Crippen MR) is 102 cm³/mol. The Kier molecular flexibility index (Phi) is 4.28. The molecule has 26 heavy (non-hydrogen) atoms. The lowest BCUT2D eigenvalue weighted by molar-refractivity contribution is -0.162. The van der Waals surface area contributed by atoms with Crippen LogP contribution < -0.4 is 5.32 Å². The van der Waals surface area contributed by atoms with Gasteiger partial charge in [-0.2, -0.15) is 0 Å². The van der Waals surface area contributed by atoms with Gasteiger partial charge in [-0.05, 0) is 43.9 Å². The molecule has 2 fully saturated rings. The summed E-state index contributed by atoms with van der Waals surface area (Å²) in [5.74, 6) is -0.119. The summed E-state index contributed by atoms with van der Waals surface area (Å²) in [7, 11) is 0. The van der Waals surface area contributed by atoms with E-state index in [4.69, 9.17) is 11.6 Å². The van der Waals surface area contributed by atoms with E-state index in [1.165, 1.54) is 11.3 Å². The number of nitrogens with zero attached hydrogens (tertiary/aromatic N) is 2. The van der Waals surface area contributed by atoms with Crippen LogP contribution in [0.1, 0.15) is 38.2 Å². The molecular weight excluding hydrogens is 370 g/mol. The van der Waals surface area contributed by atoms with Crippen LogP contribution in [0.2, 0.25) is 5.02 Å². The quantitative estimate of drug-likeness (QED) is 0.863. The highest BCUT2D eigenvalue weighted by atomic mass is 35.5. The highest BCUT2D eigenvalue weighted by Crippen LogP contribution is 2.48. The molecule has 2 aliphatic rings. The topological polar surface area (TPSA) is 62.3 Å². The van der Waals surface area contributed by atoms with E-state index < -0.39 is 11.0 Å². The highest BCUT2D eigenvalue weighted by Gasteiger charge is 2.56. The first-order chi connectivity index (χ1) is 12.5. The van der Waals surface area contributed by atoms with Crippen molar-refractivity contribution in [2.75, 3.05) is 11.9 Å². The minimum Gasteiger partial charge on any atom is -0.327 e. The first kappa shape index (κ1) is 17.5. The lowest BCUT2D eigenvalue weighted by Crippen LogP contribution is -2.69. The normalized spacial score (nSPS) is 23.7. The number of halogens is 1. The Morgan fingerprint density at radius 2 is 1.96 bits per heavy atom. The van der Waals surface area contributed by atoms with Crippen molar-refractivity contribution >= 4 is 39.9 Å². The van der Waals surface area contributed by atoms with E-state index in [9.17, 15) is 9.59 Å². The molecule has 0 radical (unpaired) electrons. The Bertz CT molecular complexity index is 833. The Hall–Kier alpha value is -1.92. The molecule has 1 aliphatic heterocycles. The van der Waals surface area contributed by atoms with Gasteiger partial charge in [0.05, 0.1) is 5.41 Å². The van der Waals surface area contributed by atoms with Crippen LogP contribution in [0.15, 0.2) is 35.8 Å². The fourth-order valence-corrected chi connectivity index (χ4v) is 4.47. The summed E-state index contributed by atoms with van der Waals surface area (Å²) < 4.78 is 0. The number of rotatable bonds is 4. The number of thiazole rings is 1. The van der Waals surface area contributed by atoms with Crippen molar-refractivity contribution in [1.82, 2.24) is 9.88 Å². The van der Waals surface area contributed by atoms with Crippen molar-refractivity contribution in [2.45, 2.75) is 43.6 Å². The summed E-state index contributed by atoms with van der Waals surface area (Å²) in [4.78, 5) is 32.1. The van der Waals surface area contributed by atoms with E-state index in [0.717, 1.165) is 24.8 Å². The number of likely N-dealkylation sites (tertiary alicyclic amines) is 1. The maximum Gasteiger partial charge on any atom is 0.251 e. The van der Waals surface area contributed by atoms with Gasteiger partial charge >= 0.3 is 0 Å². The summed E-state index contributed by atoms with van der Waals surface area (Å²) in [6.07, 6.45) is 4.95. The zero-order valence-corrected chi connectivity index (χ0v) is 16.1. The molecule has 1 atom stereocenters. The van der Waals surface area contributed by atoms with E-state index in [2.05, 4.69) is 10.3 Å². The minimum atomic E-state index is -0.822. The summed E-state index contributed by atoms with van der Waals surface area (Å²) in [5, 5.41) is 5.87. The Balaban J connectivity index is 1.57. The van der Waals surface area contributed by atoms with Gasteiger partial charge in [0.2, 0.25) is 5.91 Å². The highest BCUT2D eigenvalue weighted by molar-refractivity contribution is 7.13. The molecule has 1 unspecified atom stereocenters. The second kappa shape index (κ2) is 6.35. The number of carbonyl (C=O) groups excluding carboxylic acids is 2. The standard InChI is InChI=1S/C19H20ClN3O2S/c1-18(15(24)22-17-21-10-12-26-17)9-11-23(18)16(25)19(7-2-8-19)13-3-5-14(20)6-4-13/h3-6,10,12H,2,7-9,11H2,1H3,(H,21,22,24). The molecule has 1 aromatic heterocycles. The molecule has 1 saturated carbocycles. The molecule has 2 heterocycles. The average molecular weight is 390 g/mol. The molecule has 1 aromatic carbocycles. The van der Waals surface area contributed by atoms with Crippen LogP contribution in [0, 0.1) is 0 Å². The summed E-state index contributed by atoms with van der Waals surface area (Å²) in [6, 6.07) is 7.53. The van der Waals surface area contributed by atoms with Gasteiger partial charge in [-0.15, -0.1) is 11.3 Å². The van der Waals surface area contributed by atoms with Gasteiger partial charge in [-0.25, -0.2) is 4.98 Å². The molecule has 1 saturated heterocycles. The smallest absolute Gasteiger partial charge is 0.251 e. The maximum atomic E-state index is 13.4. The minimum absolute atomic E-state index is 0.0501. The summed E-state index contributed by atoms with van der Waals surface area (Å²) in [5.41, 5.74) is -0.348. The van der Waals surface area contributed by atoms with E-state index in [-0.39, 0.29) is 11.8 Å². The zero-order valence-electron chi connectivity index (χ0n) is 14.5. The first-order valence-corrected chi connectivity index (χ1v) is 10.0. The molecule has 7 heteroatoms. The third-order valence-corrected chi connectivity index (χ3v) is 6.76. The molecule has 2 amide bonds. The van der Waals surface area contributed by atoms with Gasteiger partial charge in [0.15, 0.2) is 5.13 Å². The Morgan fingerprint density at radius 3 is 2.46 bits per heavy atom. The molecule has 2 aromatic rings. The van der Waals surface area contributed by atoms with E-state index >= 15 is 0 Å². The SMILES string of the molecule is CC1(C(=O)Nc2nccs2)CCN1C(=O)C1(c2ccc(Cl)cc2)CCC1. The number of nitrogens with one attached hydrogen (secondary N) is 1. The van der Waals surface area contributed by atoms with E-state index in [0.29, 0.717) is 23.1 Å². The van der Waals surface area contributed by atoms with Gasteiger partial charge in [-0.1, -0.05) is 30.2 Å². The Labute approximate surface area is 161 Å². The van der Waals surface area contributed by atoms with Crippen molar-refractivity contribution in [2.24, 2.45) is 0 Å². The summed E-state index contributed by atoms with van der Waals surface area (Å²) >= 11 is 7.38. The van der Waals surface area contributed by atoms with Crippen LogP contribution in [0.5, 0.6) is 0 Å². The molecule has 136 valence electrons. The van der Waals surface area contributed by atoms with Crippen molar-refractivity contribution in [1.29, 1.82) is 0 Å². The molecule has 0 bridgehead atoms. The predicted octanol–water partition coefficient (Wildman–Crippen LogP) is 3.85. The lowest BCUT2D eigenvalue weighted by atomic mass is 9.62. The number of hydrogen-bond donors (Lipinski definition) is 1. The number of amides is 2. The molecule has 4 rings (SSSR count). The number of benzene rings is 1. The number of aromatic nitrogens is 1. The first-order valence-electron chi connectivity index (χ1n) is 8.75. The van der Waals surface area contributed by atoms with Crippen LogP contribution in [-0.2, 0) is 15.0 Å². The largest absolute Gasteiger partial charge is 0.327 e. The monoisotopic (exact) mass is 389 g/mol. The fraction of sp³-hybridized carbons (Fsp3) is 0.421. The molecular formula is C19H20ClN3O2S. The molecule has 1 N–H and O–H groups in total. The lowest BCUT2D eigenvalue weighted by Gasteiger charge is -2.54. The Morgan fingerprint density at radius 1 is 1.23 bits per heavy atom. The van der Waals surface area contributed by atoms with Crippen LogP contribution >= 0.6 is 22.9 Å². The van der Waals surface area contributed by atoms with Crippen LogP contribution in [0.3, 0.4) is 0 Å². The van der Waals surface area contributed by atoms with Crippen molar-refractivity contribution in [3.63, 3.8) is 0 Å². The van der Waals surface area contributed by atoms with Gasteiger partial charge in [0, 0.05) is 23.1 Å². The van der Waals surface area contributed by atoms with Gasteiger partial charge in [0.25, 0.3) is 5.91 Å². The third-order valence-electron chi connectivity index (χ3n) is 5.82. The molecule has 0 spiro atoms. The number of hydrogen-bond acceptors (Lipinski definition) is 4. The van der Waals surface area contributed by atoms with Crippen molar-refractivity contribution < 1.29 is 9.59 Å². The number of anilines is 1. The second-order valence-corrected chi connectivity index (χ2v) is 8.55. The number of carbonyl (C=O) groups is 2. The van der Waals surface area contributed by atoms with E-state index in [1.54, 1.807) is 11.1 Å². The molecule has 1 aliphatic carbocycles.